The highest BCUT2D eigenvalue weighted by Gasteiger charge is 2.26. The fourth-order valence-electron chi connectivity index (χ4n) is 1.65. The van der Waals surface area contributed by atoms with Crippen molar-refractivity contribution < 1.29 is 0 Å². The Balaban J connectivity index is 2.39. The second kappa shape index (κ2) is 3.56. The minimum Gasteiger partial charge on any atom is -0.103 e. The maximum Gasteiger partial charge on any atom is 0.0292 e. The van der Waals surface area contributed by atoms with Crippen molar-refractivity contribution in [3.63, 3.8) is 0 Å². The predicted octanol–water partition coefficient (Wildman–Crippen LogP) is 3.66. The van der Waals surface area contributed by atoms with Gasteiger partial charge in [-0.1, -0.05) is 41.3 Å². The van der Waals surface area contributed by atoms with Gasteiger partial charge in [-0.3, -0.25) is 0 Å². The second-order valence-electron chi connectivity index (χ2n) is 3.20. The molecule has 0 saturated heterocycles. The summed E-state index contributed by atoms with van der Waals surface area (Å²) in [5.74, 6) is 0. The summed E-state index contributed by atoms with van der Waals surface area (Å²) in [6.45, 7) is 3.77. The molecule has 0 aromatic carbocycles. The molecule has 58 valence electrons. The van der Waals surface area contributed by atoms with Crippen LogP contribution in [-0.4, -0.2) is 4.32 Å². The van der Waals surface area contributed by atoms with E-state index in [1.165, 1.54) is 32.1 Å². The van der Waals surface area contributed by atoms with Crippen molar-refractivity contribution in [2.24, 2.45) is 0 Å². The van der Waals surface area contributed by atoms with Crippen molar-refractivity contribution in [1.82, 2.24) is 0 Å². The first-order chi connectivity index (χ1) is 4.77. The van der Waals surface area contributed by atoms with Gasteiger partial charge in [0.05, 0.1) is 0 Å². The van der Waals surface area contributed by atoms with Gasteiger partial charge < -0.3 is 0 Å². The van der Waals surface area contributed by atoms with E-state index in [-0.39, 0.29) is 0 Å². The van der Waals surface area contributed by atoms with E-state index in [1.807, 2.05) is 6.08 Å². The standard InChI is InChI=1S/C9H15Br/c1-2-6-9(10)7-4-3-5-8-9/h2H,1,3-8H2. The summed E-state index contributed by atoms with van der Waals surface area (Å²) in [4.78, 5) is 0. The Morgan fingerprint density at radius 1 is 1.30 bits per heavy atom. The quantitative estimate of drug-likeness (QED) is 0.474. The van der Waals surface area contributed by atoms with E-state index in [4.69, 9.17) is 0 Å². The zero-order valence-electron chi connectivity index (χ0n) is 6.41. The van der Waals surface area contributed by atoms with Crippen LogP contribution in [-0.2, 0) is 0 Å². The monoisotopic (exact) mass is 202 g/mol. The van der Waals surface area contributed by atoms with E-state index in [0.717, 1.165) is 6.42 Å². The van der Waals surface area contributed by atoms with Crippen molar-refractivity contribution in [3.8, 4) is 0 Å². The van der Waals surface area contributed by atoms with Gasteiger partial charge in [-0.15, -0.1) is 6.58 Å². The van der Waals surface area contributed by atoms with Gasteiger partial charge in [0.15, 0.2) is 0 Å². The van der Waals surface area contributed by atoms with Crippen LogP contribution < -0.4 is 0 Å². The van der Waals surface area contributed by atoms with Gasteiger partial charge in [0, 0.05) is 4.32 Å². The first-order valence-corrected chi connectivity index (χ1v) is 4.86. The third kappa shape index (κ3) is 2.12. The molecule has 0 nitrogen and oxygen atoms in total. The van der Waals surface area contributed by atoms with Gasteiger partial charge in [0.1, 0.15) is 0 Å². The van der Waals surface area contributed by atoms with Crippen molar-refractivity contribution in [2.45, 2.75) is 42.8 Å². The molecule has 1 aliphatic rings. The van der Waals surface area contributed by atoms with Crippen LogP contribution in [0.15, 0.2) is 12.7 Å². The average molecular weight is 203 g/mol. The van der Waals surface area contributed by atoms with Gasteiger partial charge in [-0.25, -0.2) is 0 Å². The largest absolute Gasteiger partial charge is 0.103 e. The fraction of sp³-hybridized carbons (Fsp3) is 0.778. The summed E-state index contributed by atoms with van der Waals surface area (Å²) >= 11 is 3.78. The Hall–Kier alpha value is 0.220. The Bertz CT molecular complexity index is 112. The van der Waals surface area contributed by atoms with Crippen molar-refractivity contribution in [3.05, 3.63) is 12.7 Å². The maximum absolute atomic E-state index is 3.78. The summed E-state index contributed by atoms with van der Waals surface area (Å²) in [7, 11) is 0. The molecule has 1 saturated carbocycles. The van der Waals surface area contributed by atoms with Crippen LogP contribution in [0.4, 0.5) is 0 Å². The molecule has 1 aliphatic carbocycles. The summed E-state index contributed by atoms with van der Waals surface area (Å²) in [5.41, 5.74) is 0. The number of halogens is 1. The topological polar surface area (TPSA) is 0 Å². The Kier molecular flexibility index (Phi) is 2.96. The minimum absolute atomic E-state index is 0.424. The lowest BCUT2D eigenvalue weighted by molar-refractivity contribution is 0.408. The van der Waals surface area contributed by atoms with E-state index < -0.39 is 0 Å². The van der Waals surface area contributed by atoms with Crippen LogP contribution in [0.3, 0.4) is 0 Å². The third-order valence-electron chi connectivity index (χ3n) is 2.26. The van der Waals surface area contributed by atoms with Crippen LogP contribution >= 0.6 is 15.9 Å². The number of rotatable bonds is 2. The highest BCUT2D eigenvalue weighted by atomic mass is 79.9. The lowest BCUT2D eigenvalue weighted by Gasteiger charge is -2.30. The highest BCUT2D eigenvalue weighted by Crippen LogP contribution is 2.38. The van der Waals surface area contributed by atoms with Gasteiger partial charge in [0.25, 0.3) is 0 Å². The predicted molar refractivity (Wildman–Crippen MR) is 49.6 cm³/mol. The Labute approximate surface area is 71.8 Å². The highest BCUT2D eigenvalue weighted by molar-refractivity contribution is 9.10. The molecule has 0 atom stereocenters. The normalized spacial score (nSPS) is 24.1. The van der Waals surface area contributed by atoms with Crippen LogP contribution in [0, 0.1) is 0 Å². The summed E-state index contributed by atoms with van der Waals surface area (Å²) in [5, 5.41) is 0. The van der Waals surface area contributed by atoms with Gasteiger partial charge >= 0.3 is 0 Å². The molecule has 1 rings (SSSR count). The SMILES string of the molecule is C=CCC1(Br)CCCCC1. The molecular formula is C9H15Br. The van der Waals surface area contributed by atoms with E-state index in [1.54, 1.807) is 0 Å². The number of hydrogen-bond donors (Lipinski definition) is 0. The molecule has 0 aromatic heterocycles. The Morgan fingerprint density at radius 2 is 1.90 bits per heavy atom. The molecule has 0 aliphatic heterocycles. The van der Waals surface area contributed by atoms with Crippen molar-refractivity contribution in [2.75, 3.05) is 0 Å². The second-order valence-corrected chi connectivity index (χ2v) is 4.89. The molecule has 1 heteroatoms. The zero-order valence-corrected chi connectivity index (χ0v) is 7.99. The van der Waals surface area contributed by atoms with Crippen LogP contribution in [0.1, 0.15) is 38.5 Å². The minimum atomic E-state index is 0.424. The average Bonchev–Trinajstić information content (AvgIpc) is 1.89. The summed E-state index contributed by atoms with van der Waals surface area (Å²) in [6.07, 6.45) is 10.0. The molecule has 0 bridgehead atoms. The summed E-state index contributed by atoms with van der Waals surface area (Å²) < 4.78 is 0.424. The van der Waals surface area contributed by atoms with E-state index in [2.05, 4.69) is 22.5 Å². The number of allylic oxidation sites excluding steroid dienone is 1. The van der Waals surface area contributed by atoms with Crippen molar-refractivity contribution >= 4 is 15.9 Å². The fourth-order valence-corrected chi connectivity index (χ4v) is 2.44. The molecule has 0 unspecified atom stereocenters. The van der Waals surface area contributed by atoms with Gasteiger partial charge in [-0.2, -0.15) is 0 Å². The number of alkyl halides is 1. The van der Waals surface area contributed by atoms with Crippen LogP contribution in [0.5, 0.6) is 0 Å². The molecule has 1 fully saturated rings. The third-order valence-corrected chi connectivity index (χ3v) is 3.38. The first-order valence-electron chi connectivity index (χ1n) is 4.07. The summed E-state index contributed by atoms with van der Waals surface area (Å²) in [6, 6.07) is 0. The molecule has 0 spiro atoms. The molecule has 0 heterocycles. The van der Waals surface area contributed by atoms with Gasteiger partial charge in [0.2, 0.25) is 0 Å². The molecule has 0 amide bonds. The molecule has 0 aromatic rings. The zero-order chi connectivity index (χ0) is 7.45. The molecular weight excluding hydrogens is 188 g/mol. The van der Waals surface area contributed by atoms with E-state index in [9.17, 15) is 0 Å². The lowest BCUT2D eigenvalue weighted by Crippen LogP contribution is -2.22. The lowest BCUT2D eigenvalue weighted by atomic mass is 9.87. The van der Waals surface area contributed by atoms with Crippen LogP contribution in [0.25, 0.3) is 0 Å². The van der Waals surface area contributed by atoms with Crippen LogP contribution in [0.2, 0.25) is 0 Å². The Morgan fingerprint density at radius 3 is 2.40 bits per heavy atom. The van der Waals surface area contributed by atoms with E-state index >= 15 is 0 Å². The maximum atomic E-state index is 3.78. The first kappa shape index (κ1) is 8.32. The molecule has 0 radical (unpaired) electrons. The smallest absolute Gasteiger partial charge is 0.0292 e. The van der Waals surface area contributed by atoms with Gasteiger partial charge in [-0.05, 0) is 19.3 Å². The molecule has 10 heavy (non-hydrogen) atoms. The van der Waals surface area contributed by atoms with E-state index in [0.29, 0.717) is 4.32 Å². The molecule has 0 N–H and O–H groups in total. The number of hydrogen-bond acceptors (Lipinski definition) is 0. The van der Waals surface area contributed by atoms with Crippen molar-refractivity contribution in [1.29, 1.82) is 0 Å².